The maximum absolute atomic E-state index is 14.2. The molecule has 49 heavy (non-hydrogen) atoms. The van der Waals surface area contributed by atoms with Gasteiger partial charge in [-0.1, -0.05) is 41.7 Å². The number of amides is 1. The van der Waals surface area contributed by atoms with Crippen LogP contribution >= 0.6 is 56.5 Å². The number of non-ortho nitro benzene ring substituents is 1. The van der Waals surface area contributed by atoms with Crippen molar-refractivity contribution in [3.05, 3.63) is 156 Å². The summed E-state index contributed by atoms with van der Waals surface area (Å²) in [4.78, 5) is 43.8. The Labute approximate surface area is 312 Å². The molecule has 10 nitrogen and oxygen atoms in total. The standard InChI is InChI=1S/C36H28I2N4O6S/c1-3-47-27-15-11-24(12-16-27)32-31(34(43)40-25-7-5-4-6-8-25)21(2)39-36-41(32)35(44)30(49-36)19-23-17-28(37)33(29(38)18-23)48-20-22-9-13-26(14-10-22)42(45)46/h4-19,32H,3,20H2,1-2H3,(H,40,43)/b30-19-/t32-/m0/s1. The number of rotatable bonds is 10. The van der Waals surface area contributed by atoms with Crippen molar-refractivity contribution >= 4 is 79.9 Å². The average Bonchev–Trinajstić information content (AvgIpc) is 3.38. The molecule has 0 radical (unpaired) electrons. The normalized spacial score (nSPS) is 14.2. The number of carbonyl (C=O) groups excluding carboxylic acids is 1. The van der Waals surface area contributed by atoms with Crippen LogP contribution in [0.3, 0.4) is 0 Å². The number of benzene rings is 4. The summed E-state index contributed by atoms with van der Waals surface area (Å²) in [5, 5.41) is 13.9. The Morgan fingerprint density at radius 3 is 2.33 bits per heavy atom. The largest absolute Gasteiger partial charge is 0.494 e. The van der Waals surface area contributed by atoms with Crippen molar-refractivity contribution < 1.29 is 19.2 Å². The molecule has 6 rings (SSSR count). The lowest BCUT2D eigenvalue weighted by atomic mass is 9.95. The molecule has 1 atom stereocenters. The first-order valence-corrected chi connectivity index (χ1v) is 18.1. The van der Waals surface area contributed by atoms with Gasteiger partial charge in [0.05, 0.1) is 40.5 Å². The van der Waals surface area contributed by atoms with Gasteiger partial charge in [-0.2, -0.15) is 0 Å². The smallest absolute Gasteiger partial charge is 0.271 e. The number of hydrogen-bond acceptors (Lipinski definition) is 8. The molecule has 0 saturated carbocycles. The summed E-state index contributed by atoms with van der Waals surface area (Å²) < 4.78 is 15.5. The van der Waals surface area contributed by atoms with E-state index in [4.69, 9.17) is 14.5 Å². The number of ether oxygens (including phenoxy) is 2. The monoisotopic (exact) mass is 898 g/mol. The predicted octanol–water partition coefficient (Wildman–Crippen LogP) is 6.97. The van der Waals surface area contributed by atoms with E-state index < -0.39 is 11.0 Å². The van der Waals surface area contributed by atoms with Gasteiger partial charge in [0.25, 0.3) is 17.2 Å². The van der Waals surface area contributed by atoms with Gasteiger partial charge in [-0.25, -0.2) is 4.99 Å². The SMILES string of the molecule is CCOc1ccc([C@H]2C(C(=O)Nc3ccccc3)=C(C)N=c3s/c(=C\c4cc(I)c(OCc5ccc([N+](=O)[O-])cc5)c(I)c4)c(=O)n32)cc1. The molecule has 248 valence electrons. The zero-order valence-corrected chi connectivity index (χ0v) is 31.3. The van der Waals surface area contributed by atoms with Crippen molar-refractivity contribution in [1.82, 2.24) is 4.57 Å². The zero-order chi connectivity index (χ0) is 34.7. The third-order valence-electron chi connectivity index (χ3n) is 7.65. The van der Waals surface area contributed by atoms with E-state index in [9.17, 15) is 19.7 Å². The summed E-state index contributed by atoms with van der Waals surface area (Å²) in [7, 11) is 0. The van der Waals surface area contributed by atoms with Gasteiger partial charge in [-0.05, 0) is 130 Å². The molecule has 13 heteroatoms. The number of fused-ring (bicyclic) bond motifs is 1. The number of nitro benzene ring substituents is 1. The summed E-state index contributed by atoms with van der Waals surface area (Å²) in [5.41, 5.74) is 3.67. The maximum Gasteiger partial charge on any atom is 0.271 e. The van der Waals surface area contributed by atoms with Crippen LogP contribution in [0.5, 0.6) is 11.5 Å². The Balaban J connectivity index is 1.36. The lowest BCUT2D eigenvalue weighted by Crippen LogP contribution is -2.40. The number of anilines is 1. The van der Waals surface area contributed by atoms with Gasteiger partial charge in [0.2, 0.25) is 0 Å². The Morgan fingerprint density at radius 1 is 1.02 bits per heavy atom. The highest BCUT2D eigenvalue weighted by Crippen LogP contribution is 2.33. The topological polar surface area (TPSA) is 125 Å². The first-order valence-electron chi connectivity index (χ1n) is 15.1. The quantitative estimate of drug-likeness (QED) is 0.0918. The molecular weight excluding hydrogens is 870 g/mol. The molecule has 0 unspecified atom stereocenters. The molecule has 1 amide bonds. The van der Waals surface area contributed by atoms with E-state index in [-0.39, 0.29) is 23.8 Å². The Hall–Kier alpha value is -4.35. The van der Waals surface area contributed by atoms with E-state index in [1.54, 1.807) is 23.6 Å². The van der Waals surface area contributed by atoms with Crippen molar-refractivity contribution in [1.29, 1.82) is 0 Å². The molecule has 1 aromatic heterocycles. The second-order valence-electron chi connectivity index (χ2n) is 10.9. The molecule has 4 aromatic carbocycles. The van der Waals surface area contributed by atoms with Crippen LogP contribution in [0, 0.1) is 17.3 Å². The zero-order valence-electron chi connectivity index (χ0n) is 26.2. The van der Waals surface area contributed by atoms with E-state index in [1.807, 2.05) is 79.7 Å². The molecule has 0 aliphatic carbocycles. The molecule has 0 saturated heterocycles. The van der Waals surface area contributed by atoms with Gasteiger partial charge in [0.1, 0.15) is 18.1 Å². The third-order valence-corrected chi connectivity index (χ3v) is 10.2. The van der Waals surface area contributed by atoms with Crippen LogP contribution in [0.2, 0.25) is 0 Å². The van der Waals surface area contributed by atoms with Crippen molar-refractivity contribution in [3.8, 4) is 11.5 Å². The summed E-state index contributed by atoms with van der Waals surface area (Å²) >= 11 is 5.66. The molecule has 0 bridgehead atoms. The van der Waals surface area contributed by atoms with Crippen LogP contribution in [0.25, 0.3) is 6.08 Å². The number of thiazole rings is 1. The second kappa shape index (κ2) is 15.0. The van der Waals surface area contributed by atoms with Crippen LogP contribution in [0.15, 0.2) is 112 Å². The van der Waals surface area contributed by atoms with Crippen molar-refractivity contribution in [2.75, 3.05) is 11.9 Å². The van der Waals surface area contributed by atoms with E-state index in [2.05, 4.69) is 50.5 Å². The molecule has 0 spiro atoms. The van der Waals surface area contributed by atoms with E-state index in [0.29, 0.717) is 44.4 Å². The van der Waals surface area contributed by atoms with Crippen LogP contribution in [-0.4, -0.2) is 22.0 Å². The van der Waals surface area contributed by atoms with E-state index in [1.165, 1.54) is 23.5 Å². The number of allylic oxidation sites excluding steroid dienone is 1. The Bertz CT molecular complexity index is 2240. The maximum atomic E-state index is 14.2. The summed E-state index contributed by atoms with van der Waals surface area (Å²) in [6.07, 6.45) is 1.83. The molecule has 0 fully saturated rings. The first-order chi connectivity index (χ1) is 23.6. The number of nitrogens with zero attached hydrogens (tertiary/aromatic N) is 3. The second-order valence-corrected chi connectivity index (χ2v) is 14.3. The van der Waals surface area contributed by atoms with Crippen LogP contribution < -0.4 is 29.7 Å². The van der Waals surface area contributed by atoms with Gasteiger partial charge in [-0.3, -0.25) is 24.3 Å². The van der Waals surface area contributed by atoms with Crippen molar-refractivity contribution in [2.24, 2.45) is 4.99 Å². The van der Waals surface area contributed by atoms with Gasteiger partial charge in [0, 0.05) is 17.8 Å². The third kappa shape index (κ3) is 7.63. The molecule has 1 N–H and O–H groups in total. The summed E-state index contributed by atoms with van der Waals surface area (Å²) in [6, 6.07) is 26.0. The minimum atomic E-state index is -0.715. The highest BCUT2D eigenvalue weighted by Gasteiger charge is 2.32. The van der Waals surface area contributed by atoms with E-state index >= 15 is 0 Å². The number of hydrogen-bond donors (Lipinski definition) is 1. The number of para-hydroxylation sites is 1. The molecule has 1 aliphatic heterocycles. The van der Waals surface area contributed by atoms with Crippen LogP contribution in [-0.2, 0) is 11.4 Å². The minimum absolute atomic E-state index is 0.0233. The minimum Gasteiger partial charge on any atom is -0.494 e. The van der Waals surface area contributed by atoms with Gasteiger partial charge in [0.15, 0.2) is 4.80 Å². The lowest BCUT2D eigenvalue weighted by molar-refractivity contribution is -0.384. The number of aromatic nitrogens is 1. The fourth-order valence-electron chi connectivity index (χ4n) is 5.38. The predicted molar refractivity (Wildman–Crippen MR) is 206 cm³/mol. The first kappa shape index (κ1) is 34.5. The summed E-state index contributed by atoms with van der Waals surface area (Å²) in [6.45, 7) is 4.46. The summed E-state index contributed by atoms with van der Waals surface area (Å²) in [5.74, 6) is 1.03. The van der Waals surface area contributed by atoms with Crippen molar-refractivity contribution in [3.63, 3.8) is 0 Å². The van der Waals surface area contributed by atoms with Crippen LogP contribution in [0.4, 0.5) is 11.4 Å². The van der Waals surface area contributed by atoms with Gasteiger partial charge in [-0.15, -0.1) is 0 Å². The highest BCUT2D eigenvalue weighted by molar-refractivity contribution is 14.1. The number of halogens is 2. The van der Waals surface area contributed by atoms with Gasteiger partial charge >= 0.3 is 0 Å². The lowest BCUT2D eigenvalue weighted by Gasteiger charge is -2.25. The number of nitrogens with one attached hydrogen (secondary N) is 1. The molecule has 2 heterocycles. The highest BCUT2D eigenvalue weighted by atomic mass is 127. The average molecular weight is 899 g/mol. The number of nitro groups is 1. The Morgan fingerprint density at radius 2 is 1.69 bits per heavy atom. The van der Waals surface area contributed by atoms with Crippen molar-refractivity contribution in [2.45, 2.75) is 26.5 Å². The Kier molecular flexibility index (Phi) is 10.6. The fraction of sp³-hybridized carbons (Fsp3) is 0.139. The molecule has 1 aliphatic rings. The van der Waals surface area contributed by atoms with E-state index in [0.717, 1.165) is 23.8 Å². The molecule has 5 aromatic rings. The fourth-order valence-corrected chi connectivity index (χ4v) is 8.56. The number of carbonyl (C=O) groups is 1. The van der Waals surface area contributed by atoms with Gasteiger partial charge < -0.3 is 14.8 Å². The van der Waals surface area contributed by atoms with Crippen LogP contribution in [0.1, 0.15) is 36.6 Å². The molecular formula is C36H28I2N4O6S.